The molecule has 0 radical (unpaired) electrons. The van der Waals surface area contributed by atoms with Crippen LogP contribution in [0.1, 0.15) is 65.2 Å². The van der Waals surface area contributed by atoms with Crippen LogP contribution in [0.15, 0.2) is 0 Å². The maximum Gasteiger partial charge on any atom is 0.0661 e. The zero-order valence-corrected chi connectivity index (χ0v) is 14.5. The summed E-state index contributed by atoms with van der Waals surface area (Å²) in [5.41, 5.74) is 0.209. The van der Waals surface area contributed by atoms with E-state index in [1.165, 1.54) is 19.3 Å². The van der Waals surface area contributed by atoms with Gasteiger partial charge < -0.3 is 10.2 Å². The van der Waals surface area contributed by atoms with Crippen LogP contribution in [0.2, 0.25) is 0 Å². The Morgan fingerprint density at radius 2 is 1.78 bits per heavy atom. The lowest BCUT2D eigenvalue weighted by Crippen LogP contribution is -2.59. The second-order valence-electron chi connectivity index (χ2n) is 9.54. The zero-order chi connectivity index (χ0) is 16.4. The normalized spacial score (nSPS) is 58.7. The summed E-state index contributed by atoms with van der Waals surface area (Å²) >= 11 is 0. The maximum absolute atomic E-state index is 11.1. The third kappa shape index (κ3) is 2.07. The summed E-state index contributed by atoms with van der Waals surface area (Å²) in [6, 6.07) is 2.55. The molecule has 128 valence electrons. The van der Waals surface area contributed by atoms with E-state index in [2.05, 4.69) is 19.9 Å². The minimum Gasteiger partial charge on any atom is -0.393 e. The van der Waals surface area contributed by atoms with Crippen LogP contribution in [-0.2, 0) is 0 Å². The molecule has 0 saturated heterocycles. The van der Waals surface area contributed by atoms with E-state index in [-0.39, 0.29) is 29.0 Å². The van der Waals surface area contributed by atoms with Crippen molar-refractivity contribution < 1.29 is 10.2 Å². The summed E-state index contributed by atoms with van der Waals surface area (Å²) in [5.74, 6) is 2.27. The van der Waals surface area contributed by atoms with E-state index < -0.39 is 0 Å². The van der Waals surface area contributed by atoms with Crippen molar-refractivity contribution >= 4 is 0 Å². The Morgan fingerprint density at radius 3 is 2.52 bits per heavy atom. The second-order valence-corrected chi connectivity index (χ2v) is 9.54. The molecule has 0 aromatic rings. The van der Waals surface area contributed by atoms with E-state index in [9.17, 15) is 15.5 Å². The Morgan fingerprint density at radius 1 is 1.00 bits per heavy atom. The molecule has 0 spiro atoms. The van der Waals surface area contributed by atoms with E-state index in [1.807, 2.05) is 0 Å². The first-order valence-corrected chi connectivity index (χ1v) is 9.66. The summed E-state index contributed by atoms with van der Waals surface area (Å²) < 4.78 is 0. The number of hydrogen-bond acceptors (Lipinski definition) is 3. The molecule has 9 atom stereocenters. The topological polar surface area (TPSA) is 64.2 Å². The van der Waals surface area contributed by atoms with Crippen molar-refractivity contribution in [3.05, 3.63) is 0 Å². The molecule has 23 heavy (non-hydrogen) atoms. The van der Waals surface area contributed by atoms with E-state index in [0.717, 1.165) is 32.1 Å². The fourth-order valence-corrected chi connectivity index (χ4v) is 7.57. The number of nitrogens with zero attached hydrogens (tertiary/aromatic N) is 1. The molecule has 0 aromatic carbocycles. The Bertz CT molecular complexity index is 528. The van der Waals surface area contributed by atoms with E-state index in [1.54, 1.807) is 0 Å². The molecule has 0 aromatic heterocycles. The zero-order valence-electron chi connectivity index (χ0n) is 14.5. The van der Waals surface area contributed by atoms with Crippen LogP contribution in [0.4, 0.5) is 0 Å². The highest BCUT2D eigenvalue weighted by Crippen LogP contribution is 2.67. The Labute approximate surface area is 140 Å². The minimum absolute atomic E-state index is 0.0205. The molecule has 0 bridgehead atoms. The van der Waals surface area contributed by atoms with Gasteiger partial charge in [-0.3, -0.25) is 0 Å². The highest BCUT2D eigenvalue weighted by atomic mass is 16.3. The van der Waals surface area contributed by atoms with Crippen molar-refractivity contribution in [2.75, 3.05) is 0 Å². The number of aliphatic hydroxyl groups excluding tert-OH is 2. The van der Waals surface area contributed by atoms with Crippen LogP contribution < -0.4 is 0 Å². The summed E-state index contributed by atoms with van der Waals surface area (Å²) in [4.78, 5) is 0. The van der Waals surface area contributed by atoms with Gasteiger partial charge in [-0.05, 0) is 85.9 Å². The van der Waals surface area contributed by atoms with Gasteiger partial charge in [-0.2, -0.15) is 5.26 Å². The maximum atomic E-state index is 11.1. The molecule has 4 aliphatic rings. The van der Waals surface area contributed by atoms with Crippen molar-refractivity contribution in [1.82, 2.24) is 0 Å². The van der Waals surface area contributed by atoms with Crippen LogP contribution >= 0.6 is 0 Å². The van der Waals surface area contributed by atoms with Gasteiger partial charge in [-0.15, -0.1) is 0 Å². The molecular formula is C20H31NO2. The molecule has 0 unspecified atom stereocenters. The molecule has 4 aliphatic carbocycles. The molecule has 0 aliphatic heterocycles. The summed E-state index contributed by atoms with van der Waals surface area (Å²) in [7, 11) is 0. The van der Waals surface area contributed by atoms with Gasteiger partial charge in [0.1, 0.15) is 0 Å². The first-order chi connectivity index (χ1) is 10.9. The number of hydrogen-bond donors (Lipinski definition) is 2. The molecule has 0 amide bonds. The first kappa shape index (κ1) is 15.9. The molecule has 3 heteroatoms. The number of nitriles is 1. The van der Waals surface area contributed by atoms with Gasteiger partial charge in [0.15, 0.2) is 0 Å². The van der Waals surface area contributed by atoms with Crippen molar-refractivity contribution in [3.63, 3.8) is 0 Å². The van der Waals surface area contributed by atoms with Gasteiger partial charge in [0.25, 0.3) is 0 Å². The number of rotatable bonds is 0. The third-order valence-corrected chi connectivity index (χ3v) is 8.72. The Kier molecular flexibility index (Phi) is 3.60. The standard InChI is InChI=1S/C20H31NO2/c1-19-8-7-14(22)9-12(19)3-5-15-16-6-4-13(11-21)20(16,2)10-17(23)18(15)19/h12-18,22-23H,3-10H2,1-2H3/t12-,13-,14+,15-,16-,17+,18+,19-,20+/m0/s1. The average molecular weight is 317 g/mol. The highest BCUT2D eigenvalue weighted by Gasteiger charge is 2.63. The lowest BCUT2D eigenvalue weighted by molar-refractivity contribution is -0.175. The molecule has 4 fully saturated rings. The number of aliphatic hydroxyl groups is 2. The van der Waals surface area contributed by atoms with Crippen molar-refractivity contribution in [3.8, 4) is 6.07 Å². The second kappa shape index (κ2) is 5.20. The smallest absolute Gasteiger partial charge is 0.0661 e. The highest BCUT2D eigenvalue weighted by molar-refractivity contribution is 5.14. The SMILES string of the molecule is C[C@]12CC[C@@H](O)C[C@@H]1CC[C@@H]1[C@@H]2[C@H](O)C[C@]2(C)[C@H](C#N)CC[C@@H]12. The lowest BCUT2D eigenvalue weighted by Gasteiger charge is -2.62. The summed E-state index contributed by atoms with van der Waals surface area (Å²) in [6.45, 7) is 4.67. The predicted octanol–water partition coefficient (Wildman–Crippen LogP) is 3.50. The van der Waals surface area contributed by atoms with Crippen LogP contribution in [0.3, 0.4) is 0 Å². The van der Waals surface area contributed by atoms with Crippen LogP contribution in [0, 0.1) is 51.8 Å². The fourth-order valence-electron chi connectivity index (χ4n) is 7.57. The van der Waals surface area contributed by atoms with Crippen LogP contribution in [-0.4, -0.2) is 22.4 Å². The first-order valence-electron chi connectivity index (χ1n) is 9.66. The Hall–Kier alpha value is -0.590. The van der Waals surface area contributed by atoms with Gasteiger partial charge in [0, 0.05) is 0 Å². The molecular weight excluding hydrogens is 286 g/mol. The van der Waals surface area contributed by atoms with Gasteiger partial charge in [-0.1, -0.05) is 13.8 Å². The van der Waals surface area contributed by atoms with E-state index >= 15 is 0 Å². The van der Waals surface area contributed by atoms with Gasteiger partial charge in [0.05, 0.1) is 24.2 Å². The minimum atomic E-state index is -0.266. The summed E-state index contributed by atoms with van der Waals surface area (Å²) in [5, 5.41) is 30.8. The van der Waals surface area contributed by atoms with Gasteiger partial charge in [0.2, 0.25) is 0 Å². The Balaban J connectivity index is 1.68. The van der Waals surface area contributed by atoms with Crippen molar-refractivity contribution in [2.45, 2.75) is 77.4 Å². The summed E-state index contributed by atoms with van der Waals surface area (Å²) in [6.07, 6.45) is 7.87. The van der Waals surface area contributed by atoms with E-state index in [4.69, 9.17) is 0 Å². The third-order valence-electron chi connectivity index (χ3n) is 8.72. The molecule has 0 heterocycles. The number of fused-ring (bicyclic) bond motifs is 5. The van der Waals surface area contributed by atoms with Gasteiger partial charge >= 0.3 is 0 Å². The largest absolute Gasteiger partial charge is 0.393 e. The molecule has 2 N–H and O–H groups in total. The molecule has 3 nitrogen and oxygen atoms in total. The average Bonchev–Trinajstić information content (AvgIpc) is 2.83. The van der Waals surface area contributed by atoms with Crippen molar-refractivity contribution in [2.24, 2.45) is 40.4 Å². The molecule has 4 saturated carbocycles. The van der Waals surface area contributed by atoms with Crippen LogP contribution in [0.5, 0.6) is 0 Å². The molecule has 4 rings (SSSR count). The van der Waals surface area contributed by atoms with Crippen molar-refractivity contribution in [1.29, 1.82) is 5.26 Å². The predicted molar refractivity (Wildman–Crippen MR) is 88.2 cm³/mol. The monoisotopic (exact) mass is 317 g/mol. The van der Waals surface area contributed by atoms with E-state index in [0.29, 0.717) is 23.7 Å². The lowest BCUT2D eigenvalue weighted by atomic mass is 9.44. The fraction of sp³-hybridized carbons (Fsp3) is 0.950. The van der Waals surface area contributed by atoms with Gasteiger partial charge in [-0.25, -0.2) is 0 Å². The van der Waals surface area contributed by atoms with Crippen LogP contribution in [0.25, 0.3) is 0 Å². The quantitative estimate of drug-likeness (QED) is 0.718.